The topological polar surface area (TPSA) is 76.0 Å². The number of carbonyl (C=O) groups is 2. The molecule has 2 amide bonds. The molecule has 4 rings (SSSR count). The molecule has 0 spiro atoms. The number of amides is 2. The summed E-state index contributed by atoms with van der Waals surface area (Å²) >= 11 is 1.47. The molecule has 0 radical (unpaired) electrons. The molecule has 1 aromatic heterocycles. The molecule has 36 heavy (non-hydrogen) atoms. The van der Waals surface area contributed by atoms with E-state index in [9.17, 15) is 35.9 Å². The highest BCUT2D eigenvalue weighted by molar-refractivity contribution is 7.98. The Hall–Kier alpha value is -3.48. The summed E-state index contributed by atoms with van der Waals surface area (Å²) in [7, 11) is 0. The minimum atomic E-state index is -5.09. The number of nitrogens with zero attached hydrogens (tertiary/aromatic N) is 2. The first-order valence-electron chi connectivity index (χ1n) is 10.5. The average molecular weight is 528 g/mol. The summed E-state index contributed by atoms with van der Waals surface area (Å²) in [6, 6.07) is 9.73. The van der Waals surface area contributed by atoms with E-state index in [0.29, 0.717) is 34.9 Å². The second kappa shape index (κ2) is 9.88. The number of carbonyl (C=O) groups excluding carboxylic acids is 2. The van der Waals surface area contributed by atoms with Crippen molar-refractivity contribution >= 4 is 29.4 Å². The van der Waals surface area contributed by atoms with E-state index in [2.05, 4.69) is 15.7 Å². The van der Waals surface area contributed by atoms with Crippen molar-refractivity contribution in [3.8, 4) is 0 Å². The number of rotatable bonds is 6. The summed E-state index contributed by atoms with van der Waals surface area (Å²) in [6.45, 7) is -0.0703. The van der Waals surface area contributed by atoms with E-state index < -0.39 is 40.9 Å². The largest absolute Gasteiger partial charge is 0.416 e. The minimum Gasteiger partial charge on any atom is -0.350 e. The number of halogens is 6. The SMILES string of the molecule is O=C(Cn1nc2c(c1NC(=O)c1cc(C(F)(F)F)cc(C(F)(F)F)c1)CSC2)NCc1ccccc1. The molecule has 0 bridgehead atoms. The Morgan fingerprint density at radius 1 is 0.944 bits per heavy atom. The second-order valence-electron chi connectivity index (χ2n) is 7.94. The van der Waals surface area contributed by atoms with Gasteiger partial charge < -0.3 is 10.6 Å². The van der Waals surface area contributed by atoms with Crippen molar-refractivity contribution in [2.45, 2.75) is 36.9 Å². The van der Waals surface area contributed by atoms with Gasteiger partial charge in [-0.2, -0.15) is 43.2 Å². The predicted octanol–water partition coefficient (Wildman–Crippen LogP) is 5.24. The molecular formula is C23H18F6N4O2S. The maximum absolute atomic E-state index is 13.2. The summed E-state index contributed by atoms with van der Waals surface area (Å²) < 4.78 is 80.4. The summed E-state index contributed by atoms with van der Waals surface area (Å²) in [5.74, 6) is -0.675. The van der Waals surface area contributed by atoms with Crippen molar-refractivity contribution in [3.63, 3.8) is 0 Å². The Morgan fingerprint density at radius 2 is 1.58 bits per heavy atom. The van der Waals surface area contributed by atoms with Gasteiger partial charge in [-0.25, -0.2) is 4.68 Å². The lowest BCUT2D eigenvalue weighted by atomic mass is 10.0. The van der Waals surface area contributed by atoms with E-state index >= 15 is 0 Å². The summed E-state index contributed by atoms with van der Waals surface area (Å²) in [6.07, 6.45) is -10.2. The van der Waals surface area contributed by atoms with Gasteiger partial charge >= 0.3 is 12.4 Å². The fraction of sp³-hybridized carbons (Fsp3) is 0.261. The molecule has 2 N–H and O–H groups in total. The van der Waals surface area contributed by atoms with Crippen molar-refractivity contribution < 1.29 is 35.9 Å². The molecule has 0 unspecified atom stereocenters. The first kappa shape index (κ1) is 25.6. The van der Waals surface area contributed by atoms with Crippen LogP contribution in [-0.2, 0) is 41.7 Å². The van der Waals surface area contributed by atoms with E-state index in [-0.39, 0.29) is 25.0 Å². The summed E-state index contributed by atoms with van der Waals surface area (Å²) in [5.41, 5.74) is -2.03. The van der Waals surface area contributed by atoms with Crippen molar-refractivity contribution in [3.05, 3.63) is 82.0 Å². The predicted molar refractivity (Wildman–Crippen MR) is 120 cm³/mol. The molecule has 2 aromatic carbocycles. The standard InChI is InChI=1S/C23H18F6N4O2S/c24-22(25,26)15-6-14(7-16(8-15)23(27,28)29)21(35)31-20-17-11-36-12-18(17)32-33(20)10-19(34)30-9-13-4-2-1-3-5-13/h1-8H,9-12H2,(H,30,34)(H,31,35). The molecule has 1 aliphatic rings. The van der Waals surface area contributed by atoms with Crippen LogP contribution in [0.2, 0.25) is 0 Å². The molecule has 0 fully saturated rings. The van der Waals surface area contributed by atoms with Crippen LogP contribution in [0.5, 0.6) is 0 Å². The second-order valence-corrected chi connectivity index (χ2v) is 8.92. The number of benzene rings is 2. The molecule has 1 aliphatic heterocycles. The van der Waals surface area contributed by atoms with Gasteiger partial charge in [0.25, 0.3) is 5.91 Å². The number of thioether (sulfide) groups is 1. The van der Waals surface area contributed by atoms with Crippen molar-refractivity contribution in [2.24, 2.45) is 0 Å². The van der Waals surface area contributed by atoms with Gasteiger partial charge in [-0.1, -0.05) is 30.3 Å². The van der Waals surface area contributed by atoms with Gasteiger partial charge in [0.1, 0.15) is 12.4 Å². The molecule has 0 atom stereocenters. The molecule has 0 aliphatic carbocycles. The van der Waals surface area contributed by atoms with Gasteiger partial charge in [0.2, 0.25) is 5.91 Å². The molecule has 3 aromatic rings. The van der Waals surface area contributed by atoms with Gasteiger partial charge in [0, 0.05) is 29.2 Å². The minimum absolute atomic E-state index is 0.0492. The fourth-order valence-corrected chi connectivity index (χ4v) is 4.61. The van der Waals surface area contributed by atoms with Crippen LogP contribution >= 0.6 is 11.8 Å². The van der Waals surface area contributed by atoms with Gasteiger partial charge in [0.05, 0.1) is 16.8 Å². The lowest BCUT2D eigenvalue weighted by molar-refractivity contribution is -0.143. The van der Waals surface area contributed by atoms with E-state index in [1.807, 2.05) is 30.3 Å². The highest BCUT2D eigenvalue weighted by Crippen LogP contribution is 2.37. The van der Waals surface area contributed by atoms with Gasteiger partial charge in [-0.3, -0.25) is 9.59 Å². The quantitative estimate of drug-likeness (QED) is 0.430. The van der Waals surface area contributed by atoms with Crippen molar-refractivity contribution in [2.75, 3.05) is 5.32 Å². The Labute approximate surface area is 205 Å². The summed E-state index contributed by atoms with van der Waals surface area (Å²) in [5, 5.41) is 9.39. The average Bonchev–Trinajstić information content (AvgIpc) is 3.39. The third-order valence-corrected chi connectivity index (χ3v) is 6.30. The normalized spacial score (nSPS) is 13.4. The fourth-order valence-electron chi connectivity index (χ4n) is 3.57. The summed E-state index contributed by atoms with van der Waals surface area (Å²) in [4.78, 5) is 25.3. The number of fused-ring (bicyclic) bond motifs is 1. The van der Waals surface area contributed by atoms with Crippen LogP contribution in [0.3, 0.4) is 0 Å². The molecular weight excluding hydrogens is 510 g/mol. The zero-order valence-electron chi connectivity index (χ0n) is 18.3. The lowest BCUT2D eigenvalue weighted by Crippen LogP contribution is -2.29. The monoisotopic (exact) mass is 528 g/mol. The number of alkyl halides is 6. The zero-order valence-corrected chi connectivity index (χ0v) is 19.2. The first-order chi connectivity index (χ1) is 16.9. The molecule has 13 heteroatoms. The Morgan fingerprint density at radius 3 is 2.19 bits per heavy atom. The van der Waals surface area contributed by atoms with Crippen LogP contribution in [0, 0.1) is 0 Å². The van der Waals surface area contributed by atoms with E-state index in [0.717, 1.165) is 5.56 Å². The van der Waals surface area contributed by atoms with Gasteiger partial charge in [-0.15, -0.1) is 0 Å². The Kier molecular flexibility index (Phi) is 7.03. The van der Waals surface area contributed by atoms with Crippen LogP contribution in [0.4, 0.5) is 32.2 Å². The molecule has 0 saturated heterocycles. The van der Waals surface area contributed by atoms with Gasteiger partial charge in [0.15, 0.2) is 0 Å². The zero-order chi connectivity index (χ0) is 26.1. The number of anilines is 1. The van der Waals surface area contributed by atoms with E-state index in [1.165, 1.54) is 16.4 Å². The number of nitrogens with one attached hydrogen (secondary N) is 2. The van der Waals surface area contributed by atoms with Crippen LogP contribution in [0.25, 0.3) is 0 Å². The number of aromatic nitrogens is 2. The van der Waals surface area contributed by atoms with Crippen LogP contribution in [0.1, 0.15) is 38.3 Å². The molecule has 2 heterocycles. The third kappa shape index (κ3) is 5.83. The third-order valence-electron chi connectivity index (χ3n) is 5.33. The number of hydrogen-bond acceptors (Lipinski definition) is 4. The maximum atomic E-state index is 13.2. The van der Waals surface area contributed by atoms with E-state index in [4.69, 9.17) is 0 Å². The van der Waals surface area contributed by atoms with Crippen LogP contribution in [-0.4, -0.2) is 21.6 Å². The van der Waals surface area contributed by atoms with Crippen LogP contribution in [0.15, 0.2) is 48.5 Å². The van der Waals surface area contributed by atoms with Crippen molar-refractivity contribution in [1.82, 2.24) is 15.1 Å². The molecule has 6 nitrogen and oxygen atoms in total. The van der Waals surface area contributed by atoms with Gasteiger partial charge in [-0.05, 0) is 23.8 Å². The Bertz CT molecular complexity index is 1260. The number of hydrogen-bond donors (Lipinski definition) is 2. The lowest BCUT2D eigenvalue weighted by Gasteiger charge is -2.15. The van der Waals surface area contributed by atoms with Crippen LogP contribution < -0.4 is 10.6 Å². The Balaban J connectivity index is 1.58. The molecule has 0 saturated carbocycles. The highest BCUT2D eigenvalue weighted by Gasteiger charge is 2.37. The maximum Gasteiger partial charge on any atom is 0.416 e. The highest BCUT2D eigenvalue weighted by atomic mass is 32.2. The molecule has 190 valence electrons. The van der Waals surface area contributed by atoms with Crippen molar-refractivity contribution in [1.29, 1.82) is 0 Å². The smallest absolute Gasteiger partial charge is 0.350 e. The van der Waals surface area contributed by atoms with E-state index in [1.54, 1.807) is 0 Å². The first-order valence-corrected chi connectivity index (χ1v) is 11.6.